The van der Waals surface area contributed by atoms with Crippen LogP contribution in [0.4, 0.5) is 0 Å². The van der Waals surface area contributed by atoms with Crippen molar-refractivity contribution in [2.45, 2.75) is 0 Å². The normalized spacial score (nSPS) is 7.88. The van der Waals surface area contributed by atoms with Crippen molar-refractivity contribution in [2.24, 2.45) is 0 Å². The first kappa shape index (κ1) is 51.3. The van der Waals surface area contributed by atoms with E-state index in [1.54, 1.807) is 0 Å². The number of hydrogen-bond acceptors (Lipinski definition) is 8. The Balaban J connectivity index is -0.0000000193. The first-order valence-corrected chi connectivity index (χ1v) is 4.17. The summed E-state index contributed by atoms with van der Waals surface area (Å²) in [6.45, 7) is 0. The van der Waals surface area contributed by atoms with Gasteiger partial charge in [0.15, 0.2) is 0 Å². The fourth-order valence-electron chi connectivity index (χ4n) is 0.0680. The minimum atomic E-state index is -5.31. The summed E-state index contributed by atoms with van der Waals surface area (Å²) in [4.78, 5) is 0. The van der Waals surface area contributed by atoms with Gasteiger partial charge in [-0.1, -0.05) is 0 Å². The first-order chi connectivity index (χ1) is 4.21. The van der Waals surface area contributed by atoms with Gasteiger partial charge in [-0.15, -0.1) is 8.67 Å². The van der Waals surface area contributed by atoms with Gasteiger partial charge in [-0.3, -0.25) is 0 Å². The number of hydrogen-bond donors (Lipinski definition) is 0. The SMILES string of the molecule is O.O.O.O.O.O=S(=O)([O-])OOS(=O)(=O)[O-].[Na+].[Na+]. The Morgan fingerprint density at radius 3 is 0.765 bits per heavy atom. The van der Waals surface area contributed by atoms with Crippen LogP contribution in [-0.4, -0.2) is 53.3 Å². The zero-order valence-electron chi connectivity index (χ0n) is 8.58. The molecule has 102 valence electrons. The average Bonchev–Trinajstić information content (AvgIpc) is 1.57. The topological polar surface area (TPSA) is 290 Å². The summed E-state index contributed by atoms with van der Waals surface area (Å²) < 4.78 is 61.5. The molecule has 0 rings (SSSR count). The molecule has 10 N–H and O–H groups in total. The van der Waals surface area contributed by atoms with E-state index in [0.717, 1.165) is 0 Å². The van der Waals surface area contributed by atoms with E-state index in [-0.39, 0.29) is 86.5 Å². The molecule has 17 heteroatoms. The Hall–Kier alpha value is 1.54. The Labute approximate surface area is 140 Å². The van der Waals surface area contributed by atoms with Crippen LogP contribution in [0.2, 0.25) is 0 Å². The van der Waals surface area contributed by atoms with E-state index in [9.17, 15) is 25.9 Å². The van der Waals surface area contributed by atoms with E-state index < -0.39 is 20.8 Å². The van der Waals surface area contributed by atoms with Crippen LogP contribution < -0.4 is 59.1 Å². The minimum Gasteiger partial charge on any atom is -0.724 e. The molecule has 0 bridgehead atoms. The molecule has 0 spiro atoms. The van der Waals surface area contributed by atoms with Gasteiger partial charge in [0.25, 0.3) is 0 Å². The second-order valence-electron chi connectivity index (χ2n) is 0.953. The summed E-state index contributed by atoms with van der Waals surface area (Å²) in [5.74, 6) is 0. The third-order valence-corrected chi connectivity index (χ3v) is 0.750. The van der Waals surface area contributed by atoms with E-state index in [1.807, 2.05) is 0 Å². The predicted molar refractivity (Wildman–Crippen MR) is 39.6 cm³/mol. The Morgan fingerprint density at radius 2 is 0.706 bits per heavy atom. The molecule has 0 aliphatic carbocycles. The molecule has 13 nitrogen and oxygen atoms in total. The maximum Gasteiger partial charge on any atom is 1.00 e. The Kier molecular flexibility index (Phi) is 60.0. The van der Waals surface area contributed by atoms with E-state index in [0.29, 0.717) is 0 Å². The summed E-state index contributed by atoms with van der Waals surface area (Å²) in [5, 5.41) is 0. The molecule has 17 heavy (non-hydrogen) atoms. The van der Waals surface area contributed by atoms with Crippen LogP contribution in [0.3, 0.4) is 0 Å². The van der Waals surface area contributed by atoms with Gasteiger partial charge in [0.2, 0.25) is 20.8 Å². The summed E-state index contributed by atoms with van der Waals surface area (Å²) >= 11 is 0. The predicted octanol–water partition coefficient (Wildman–Crippen LogP) is -12.3. The van der Waals surface area contributed by atoms with E-state index in [2.05, 4.69) is 8.67 Å². The van der Waals surface area contributed by atoms with Gasteiger partial charge < -0.3 is 36.5 Å². The maximum atomic E-state index is 9.37. The molecule has 0 fully saturated rings. The molecular formula is H10Na2O13S2. The fourth-order valence-corrected chi connectivity index (χ4v) is 0.612. The monoisotopic (exact) mass is 328 g/mol. The standard InChI is InChI=1S/2Na.H2O8S2.5H2O/c;;1-9(2,3)7-8-10(4,5)6;;;;;/h;;(H,1,2,3)(H,4,5,6);5*1H2/q2*+1;;;;;;/p-2. The van der Waals surface area contributed by atoms with Gasteiger partial charge in [-0.2, -0.15) is 0 Å². The summed E-state index contributed by atoms with van der Waals surface area (Å²) in [5.41, 5.74) is 0. The van der Waals surface area contributed by atoms with Crippen molar-refractivity contribution in [1.82, 2.24) is 0 Å². The molecule has 0 aromatic carbocycles. The zero-order valence-corrected chi connectivity index (χ0v) is 14.2. The van der Waals surface area contributed by atoms with Crippen molar-refractivity contribution in [3.05, 3.63) is 0 Å². The summed E-state index contributed by atoms with van der Waals surface area (Å²) in [6, 6.07) is 0. The summed E-state index contributed by atoms with van der Waals surface area (Å²) in [6.07, 6.45) is 0. The van der Waals surface area contributed by atoms with Crippen LogP contribution in [0.1, 0.15) is 0 Å². The van der Waals surface area contributed by atoms with Gasteiger partial charge in [0.05, 0.1) is 0 Å². The smallest absolute Gasteiger partial charge is 0.724 e. The number of rotatable bonds is 3. The molecule has 0 aromatic rings. The van der Waals surface area contributed by atoms with Crippen LogP contribution >= 0.6 is 0 Å². The van der Waals surface area contributed by atoms with Crippen LogP contribution in [-0.2, 0) is 29.5 Å². The van der Waals surface area contributed by atoms with Crippen molar-refractivity contribution in [2.75, 3.05) is 0 Å². The molecule has 0 saturated carbocycles. The van der Waals surface area contributed by atoms with Crippen LogP contribution in [0, 0.1) is 0 Å². The second kappa shape index (κ2) is 19.9. The molecule has 0 unspecified atom stereocenters. The van der Waals surface area contributed by atoms with Gasteiger partial charge in [-0.25, -0.2) is 16.8 Å². The van der Waals surface area contributed by atoms with Crippen molar-refractivity contribution >= 4 is 20.8 Å². The van der Waals surface area contributed by atoms with Gasteiger partial charge >= 0.3 is 59.1 Å². The second-order valence-corrected chi connectivity index (χ2v) is 2.86. The maximum absolute atomic E-state index is 9.37. The molecule has 0 saturated heterocycles. The fraction of sp³-hybridized carbons (Fsp3) is 0. The van der Waals surface area contributed by atoms with Crippen molar-refractivity contribution in [1.29, 1.82) is 0 Å². The third kappa shape index (κ3) is 58.1. The largest absolute Gasteiger partial charge is 1.00 e. The molecule has 0 heterocycles. The van der Waals surface area contributed by atoms with Gasteiger partial charge in [0, 0.05) is 0 Å². The van der Waals surface area contributed by atoms with E-state index in [1.165, 1.54) is 0 Å². The van der Waals surface area contributed by atoms with Crippen LogP contribution in [0.15, 0.2) is 0 Å². The quantitative estimate of drug-likeness (QED) is 0.157. The van der Waals surface area contributed by atoms with Crippen molar-refractivity contribution in [3.63, 3.8) is 0 Å². The average molecular weight is 328 g/mol. The molecule has 0 atom stereocenters. The molecule has 0 aromatic heterocycles. The molecule has 0 aliphatic heterocycles. The zero-order chi connectivity index (χ0) is 8.41. The third-order valence-electron chi connectivity index (χ3n) is 0.194. The van der Waals surface area contributed by atoms with Crippen molar-refractivity contribution < 1.29 is 121 Å². The van der Waals surface area contributed by atoms with Gasteiger partial charge in [0.1, 0.15) is 0 Å². The molecule has 0 radical (unpaired) electrons. The summed E-state index contributed by atoms with van der Waals surface area (Å²) in [7, 11) is -10.6. The molecular weight excluding hydrogens is 318 g/mol. The first-order valence-electron chi connectivity index (χ1n) is 1.50. The van der Waals surface area contributed by atoms with Crippen LogP contribution in [0.25, 0.3) is 0 Å². The molecule has 0 aliphatic rings. The van der Waals surface area contributed by atoms with Gasteiger partial charge in [-0.05, 0) is 0 Å². The Bertz CT molecular complexity index is 253. The molecule has 0 amide bonds. The van der Waals surface area contributed by atoms with Crippen molar-refractivity contribution in [3.8, 4) is 0 Å². The Morgan fingerprint density at radius 1 is 0.588 bits per heavy atom. The van der Waals surface area contributed by atoms with E-state index in [4.69, 9.17) is 0 Å². The minimum absolute atomic E-state index is 0. The van der Waals surface area contributed by atoms with Crippen LogP contribution in [0.5, 0.6) is 0 Å². The van der Waals surface area contributed by atoms with E-state index >= 15 is 0 Å².